The Morgan fingerprint density at radius 2 is 1.83 bits per heavy atom. The van der Waals surface area contributed by atoms with Gasteiger partial charge in [0.2, 0.25) is 5.91 Å². The molecule has 0 heterocycles. The number of nitrogens with one attached hydrogen (secondary N) is 2. The molecule has 1 aromatic carbocycles. The molecule has 2 amide bonds. The minimum Gasteiger partial charge on any atom is -0.478 e. The number of hydrogen-bond donors (Lipinski definition) is 3. The van der Waals surface area contributed by atoms with Crippen LogP contribution in [0.15, 0.2) is 24.3 Å². The highest BCUT2D eigenvalue weighted by molar-refractivity contribution is 5.84. The first-order chi connectivity index (χ1) is 10.9. The number of para-hydroxylation sites is 1. The second-order valence-electron chi connectivity index (χ2n) is 5.18. The van der Waals surface area contributed by atoms with E-state index in [9.17, 15) is 27.2 Å². The van der Waals surface area contributed by atoms with Crippen LogP contribution in [0.25, 0.3) is 0 Å². The number of carbonyl (C=O) groups excluding carboxylic acids is 2. The molecular formula is C14H16F4N2O4. The summed E-state index contributed by atoms with van der Waals surface area (Å²) in [5, 5.41) is 9.16. The van der Waals surface area contributed by atoms with E-state index >= 15 is 0 Å². The molecule has 2 atom stereocenters. The molecule has 3 N–H and O–H groups in total. The lowest BCUT2D eigenvalue weighted by atomic mass is 10.0. The van der Waals surface area contributed by atoms with Gasteiger partial charge in [0, 0.05) is 0 Å². The average Bonchev–Trinajstić information content (AvgIpc) is 2.45. The van der Waals surface area contributed by atoms with Gasteiger partial charge in [0.15, 0.2) is 23.3 Å². The third-order valence-corrected chi connectivity index (χ3v) is 2.95. The van der Waals surface area contributed by atoms with E-state index in [0.717, 1.165) is 6.07 Å². The lowest BCUT2D eigenvalue weighted by Gasteiger charge is -2.25. The number of rotatable bonds is 5. The Bertz CT molecular complexity index is 605. The minimum absolute atomic E-state index is 0.202. The first-order valence-corrected chi connectivity index (χ1v) is 6.73. The molecule has 0 aliphatic rings. The highest BCUT2D eigenvalue weighted by Gasteiger charge is 2.51. The number of benzene rings is 1. The van der Waals surface area contributed by atoms with Crippen LogP contribution in [0.4, 0.5) is 17.6 Å². The van der Waals surface area contributed by atoms with E-state index in [-0.39, 0.29) is 5.75 Å². The normalized spacial score (nSPS) is 15.1. The summed E-state index contributed by atoms with van der Waals surface area (Å²) >= 11 is 0. The minimum atomic E-state index is -5.00. The van der Waals surface area contributed by atoms with Gasteiger partial charge in [0.25, 0.3) is 5.91 Å². The molecule has 0 saturated carbocycles. The third kappa shape index (κ3) is 5.37. The second-order valence-corrected chi connectivity index (χ2v) is 5.18. The first-order valence-electron chi connectivity index (χ1n) is 6.73. The Morgan fingerprint density at radius 3 is 2.38 bits per heavy atom. The summed E-state index contributed by atoms with van der Waals surface area (Å²) in [6.45, 7) is 1.68. The van der Waals surface area contributed by atoms with Crippen molar-refractivity contribution in [2.45, 2.75) is 38.1 Å². The van der Waals surface area contributed by atoms with Gasteiger partial charge in [-0.2, -0.15) is 13.2 Å². The van der Waals surface area contributed by atoms with Gasteiger partial charge in [-0.05, 0) is 26.0 Å². The van der Waals surface area contributed by atoms with Crippen LogP contribution in [-0.2, 0) is 9.59 Å². The summed E-state index contributed by atoms with van der Waals surface area (Å²) in [5.74, 6) is -3.09. The number of halogens is 4. The fourth-order valence-electron chi connectivity index (χ4n) is 1.47. The maximum Gasteiger partial charge on any atom is 0.417 e. The van der Waals surface area contributed by atoms with Gasteiger partial charge in [0.05, 0.1) is 6.42 Å². The quantitative estimate of drug-likeness (QED) is 0.553. The Kier molecular flexibility index (Phi) is 6.13. The summed E-state index contributed by atoms with van der Waals surface area (Å²) in [7, 11) is 0. The van der Waals surface area contributed by atoms with E-state index in [4.69, 9.17) is 9.84 Å². The van der Waals surface area contributed by atoms with E-state index in [1.165, 1.54) is 25.1 Å². The number of aliphatic hydroxyl groups is 1. The maximum absolute atomic E-state index is 13.4. The van der Waals surface area contributed by atoms with Crippen molar-refractivity contribution < 1.29 is 37.0 Å². The molecule has 1 aromatic rings. The van der Waals surface area contributed by atoms with Crippen LogP contribution in [0.3, 0.4) is 0 Å². The number of hydrazine groups is 1. The van der Waals surface area contributed by atoms with Crippen molar-refractivity contribution in [3.8, 4) is 5.75 Å². The van der Waals surface area contributed by atoms with Crippen LogP contribution in [0.2, 0.25) is 0 Å². The van der Waals surface area contributed by atoms with Gasteiger partial charge in [-0.15, -0.1) is 0 Å². The number of carbonyl (C=O) groups is 2. The summed E-state index contributed by atoms with van der Waals surface area (Å²) in [4.78, 5) is 23.0. The first kappa shape index (κ1) is 19.7. The van der Waals surface area contributed by atoms with Crippen LogP contribution < -0.4 is 15.6 Å². The Labute approximate surface area is 134 Å². The van der Waals surface area contributed by atoms with Gasteiger partial charge in [-0.1, -0.05) is 12.1 Å². The monoisotopic (exact) mass is 352 g/mol. The molecule has 134 valence electrons. The number of alkyl halides is 3. The summed E-state index contributed by atoms with van der Waals surface area (Å²) < 4.78 is 55.7. The molecule has 24 heavy (non-hydrogen) atoms. The summed E-state index contributed by atoms with van der Waals surface area (Å²) in [6, 6.07) is 5.28. The van der Waals surface area contributed by atoms with Crippen LogP contribution in [0, 0.1) is 5.82 Å². The molecule has 0 radical (unpaired) electrons. The van der Waals surface area contributed by atoms with Crippen molar-refractivity contribution in [2.75, 3.05) is 0 Å². The number of hydrogen-bond acceptors (Lipinski definition) is 4. The molecule has 0 bridgehead atoms. The molecule has 0 saturated heterocycles. The molecule has 10 heteroatoms. The van der Waals surface area contributed by atoms with Crippen LogP contribution in [-0.4, -0.2) is 34.8 Å². The van der Waals surface area contributed by atoms with E-state index in [1.807, 2.05) is 5.43 Å². The molecule has 0 aromatic heterocycles. The fourth-order valence-corrected chi connectivity index (χ4v) is 1.47. The van der Waals surface area contributed by atoms with Crippen LogP contribution in [0.1, 0.15) is 20.3 Å². The maximum atomic E-state index is 13.4. The predicted molar refractivity (Wildman–Crippen MR) is 74.1 cm³/mol. The Morgan fingerprint density at radius 1 is 1.25 bits per heavy atom. The van der Waals surface area contributed by atoms with E-state index in [0.29, 0.717) is 6.92 Å². The van der Waals surface area contributed by atoms with Gasteiger partial charge in [0.1, 0.15) is 0 Å². The van der Waals surface area contributed by atoms with Crippen molar-refractivity contribution in [3.63, 3.8) is 0 Å². The van der Waals surface area contributed by atoms with Crippen molar-refractivity contribution in [3.05, 3.63) is 30.1 Å². The molecule has 6 nitrogen and oxygen atoms in total. The SMILES string of the molecule is C[C@@H](Oc1ccccc1F)C(=O)NNC(=O)C[C@@](C)(O)C(F)(F)F. The predicted octanol–water partition coefficient (Wildman–Crippen LogP) is 1.44. The van der Waals surface area contributed by atoms with Crippen LogP contribution >= 0.6 is 0 Å². The zero-order valence-electron chi connectivity index (χ0n) is 12.8. The summed E-state index contributed by atoms with van der Waals surface area (Å²) in [5.41, 5.74) is 0.312. The van der Waals surface area contributed by atoms with E-state index in [2.05, 4.69) is 0 Å². The zero-order chi connectivity index (χ0) is 18.5. The van der Waals surface area contributed by atoms with Crippen molar-refractivity contribution in [1.29, 1.82) is 0 Å². The van der Waals surface area contributed by atoms with Gasteiger partial charge >= 0.3 is 6.18 Å². The van der Waals surface area contributed by atoms with E-state index < -0.39 is 41.9 Å². The van der Waals surface area contributed by atoms with Crippen molar-refractivity contribution >= 4 is 11.8 Å². The fraction of sp³-hybridized carbons (Fsp3) is 0.429. The number of ether oxygens (including phenoxy) is 1. The van der Waals surface area contributed by atoms with Gasteiger partial charge in [-0.3, -0.25) is 20.4 Å². The highest BCUT2D eigenvalue weighted by atomic mass is 19.4. The van der Waals surface area contributed by atoms with Crippen molar-refractivity contribution in [1.82, 2.24) is 10.9 Å². The smallest absolute Gasteiger partial charge is 0.417 e. The molecular weight excluding hydrogens is 336 g/mol. The molecule has 1 rings (SSSR count). The van der Waals surface area contributed by atoms with Crippen LogP contribution in [0.5, 0.6) is 5.75 Å². The lowest BCUT2D eigenvalue weighted by molar-refractivity contribution is -0.253. The molecule has 0 spiro atoms. The largest absolute Gasteiger partial charge is 0.478 e. The van der Waals surface area contributed by atoms with Crippen molar-refractivity contribution in [2.24, 2.45) is 0 Å². The summed E-state index contributed by atoms with van der Waals surface area (Å²) in [6.07, 6.45) is -7.54. The standard InChI is InChI=1S/C14H16F4N2O4/c1-8(24-10-6-4-3-5-9(10)15)12(22)20-19-11(21)7-13(2,23)14(16,17)18/h3-6,8,23H,7H2,1-2H3,(H,19,21)(H,20,22)/t8-,13-/m1/s1. The lowest BCUT2D eigenvalue weighted by Crippen LogP contribution is -2.51. The molecule has 0 unspecified atom stereocenters. The van der Waals surface area contributed by atoms with Gasteiger partial charge < -0.3 is 9.84 Å². The third-order valence-electron chi connectivity index (χ3n) is 2.95. The topological polar surface area (TPSA) is 87.7 Å². The Balaban J connectivity index is 2.51. The average molecular weight is 352 g/mol. The van der Waals surface area contributed by atoms with E-state index in [1.54, 1.807) is 5.43 Å². The highest BCUT2D eigenvalue weighted by Crippen LogP contribution is 2.32. The number of amides is 2. The second kappa shape index (κ2) is 7.47. The molecule has 0 aliphatic heterocycles. The molecule has 0 aliphatic carbocycles. The molecule has 0 fully saturated rings. The zero-order valence-corrected chi connectivity index (χ0v) is 12.8. The van der Waals surface area contributed by atoms with Gasteiger partial charge in [-0.25, -0.2) is 4.39 Å². The Hall–Kier alpha value is -2.36.